The lowest BCUT2D eigenvalue weighted by atomic mass is 9.77. The maximum atomic E-state index is 7.38. The fraction of sp³-hybridized carbons (Fsp3) is 0.167. The minimum Gasteiger partial charge on any atom is -0.497 e. The summed E-state index contributed by atoms with van der Waals surface area (Å²) in [6.45, 7) is 4.64. The smallest absolute Gasteiger partial charge is 0.178 e. The summed E-state index contributed by atoms with van der Waals surface area (Å²) in [4.78, 5) is 0. The van der Waals surface area contributed by atoms with Crippen molar-refractivity contribution >= 4 is 48.7 Å². The van der Waals surface area contributed by atoms with Crippen LogP contribution in [0.3, 0.4) is 0 Å². The van der Waals surface area contributed by atoms with E-state index in [0.29, 0.717) is 0 Å². The molecule has 0 N–H and O–H groups in total. The van der Waals surface area contributed by atoms with Gasteiger partial charge in [0.1, 0.15) is 17.2 Å². The third-order valence-corrected chi connectivity index (χ3v) is 9.68. The van der Waals surface area contributed by atoms with Gasteiger partial charge in [-0.1, -0.05) is 84.4 Å². The van der Waals surface area contributed by atoms with Crippen LogP contribution in [-0.2, 0) is 11.0 Å². The third kappa shape index (κ3) is 3.82. The molecule has 1 aliphatic heterocycles. The van der Waals surface area contributed by atoms with Crippen molar-refractivity contribution in [2.45, 2.75) is 24.9 Å². The Balaban J connectivity index is 1.56. The summed E-state index contributed by atoms with van der Waals surface area (Å²) in [6, 6.07) is 29.4. The Morgan fingerprint density at radius 1 is 0.756 bits per heavy atom. The highest BCUT2D eigenvalue weighted by Gasteiger charge is 2.44. The highest BCUT2D eigenvalue weighted by molar-refractivity contribution is 9.11. The van der Waals surface area contributed by atoms with E-state index < -0.39 is 5.60 Å². The molecule has 0 fully saturated rings. The van der Waals surface area contributed by atoms with E-state index >= 15 is 0 Å². The predicted octanol–water partition coefficient (Wildman–Crippen LogP) is 10.0. The number of ether oxygens (including phenoxy) is 3. The molecule has 3 nitrogen and oxygen atoms in total. The molecule has 0 unspecified atom stereocenters. The van der Waals surface area contributed by atoms with E-state index in [-0.39, 0.29) is 5.41 Å². The first kappa shape index (κ1) is 26.4. The Morgan fingerprint density at radius 3 is 1.98 bits per heavy atom. The molecule has 5 heteroatoms. The monoisotopic (exact) mass is 666 g/mol. The molecular weight excluding hydrogens is 640 g/mol. The molecule has 1 aliphatic carbocycles. The topological polar surface area (TPSA) is 27.7 Å². The first-order valence-electron chi connectivity index (χ1n) is 13.5. The molecule has 1 heterocycles. The van der Waals surface area contributed by atoms with Crippen LogP contribution in [0, 0.1) is 0 Å². The zero-order valence-corrected chi connectivity index (χ0v) is 26.4. The van der Waals surface area contributed by atoms with Crippen molar-refractivity contribution in [3.63, 3.8) is 0 Å². The summed E-state index contributed by atoms with van der Waals surface area (Å²) in [6.07, 6.45) is 4.48. The number of hydrogen-bond acceptors (Lipinski definition) is 3. The van der Waals surface area contributed by atoms with E-state index in [0.717, 1.165) is 53.7 Å². The summed E-state index contributed by atoms with van der Waals surface area (Å²) in [7, 11) is 3.37. The van der Waals surface area contributed by atoms with Gasteiger partial charge in [-0.05, 0) is 86.0 Å². The zero-order valence-electron chi connectivity index (χ0n) is 23.2. The van der Waals surface area contributed by atoms with E-state index in [1.54, 1.807) is 14.2 Å². The molecule has 0 radical (unpaired) electrons. The third-order valence-electron chi connectivity index (χ3n) is 8.60. The van der Waals surface area contributed by atoms with Crippen molar-refractivity contribution in [1.82, 2.24) is 0 Å². The second-order valence-corrected chi connectivity index (χ2v) is 12.9. The second kappa shape index (κ2) is 9.50. The van der Waals surface area contributed by atoms with Crippen molar-refractivity contribution in [1.29, 1.82) is 0 Å². The van der Waals surface area contributed by atoms with Crippen molar-refractivity contribution in [3.05, 3.63) is 128 Å². The van der Waals surface area contributed by atoms with E-state index in [9.17, 15) is 0 Å². The highest BCUT2D eigenvalue weighted by Crippen LogP contribution is 2.59. The molecule has 41 heavy (non-hydrogen) atoms. The fourth-order valence-electron chi connectivity index (χ4n) is 6.64. The Bertz CT molecular complexity index is 1820. The van der Waals surface area contributed by atoms with Crippen LogP contribution < -0.4 is 14.2 Å². The number of hydrogen-bond donors (Lipinski definition) is 0. The summed E-state index contributed by atoms with van der Waals surface area (Å²) in [5.41, 5.74) is 7.24. The largest absolute Gasteiger partial charge is 0.497 e. The quantitative estimate of drug-likeness (QED) is 0.191. The standard InChI is InChI=1S/C36H28Br2O3/c1-35(2)29-8-6-5-7-26(29)31-28-19-23(37)20-30(38)32(28)34-27(33(31)35)17-18-36(41-34,21-9-13-24(39-3)14-10-21)22-11-15-25(40-4)16-12-22/h5-20H,1-4H3. The number of halogens is 2. The molecule has 7 rings (SSSR count). The van der Waals surface area contributed by atoms with E-state index in [4.69, 9.17) is 14.2 Å². The first-order chi connectivity index (χ1) is 19.8. The molecule has 0 spiro atoms. The molecule has 0 saturated heterocycles. The Kier molecular flexibility index (Phi) is 6.11. The average Bonchev–Trinajstić information content (AvgIpc) is 3.24. The van der Waals surface area contributed by atoms with Crippen LogP contribution in [0.4, 0.5) is 0 Å². The van der Waals surface area contributed by atoms with Crippen molar-refractivity contribution < 1.29 is 14.2 Å². The van der Waals surface area contributed by atoms with Crippen molar-refractivity contribution in [2.24, 2.45) is 0 Å². The van der Waals surface area contributed by atoms with Crippen molar-refractivity contribution in [2.75, 3.05) is 14.2 Å². The lowest BCUT2D eigenvalue weighted by Gasteiger charge is -2.38. The summed E-state index contributed by atoms with van der Waals surface area (Å²) < 4.78 is 20.3. The summed E-state index contributed by atoms with van der Waals surface area (Å²) in [5, 5.41) is 2.22. The van der Waals surface area contributed by atoms with Crippen LogP contribution in [0.2, 0.25) is 0 Å². The number of fused-ring (bicyclic) bond motifs is 8. The van der Waals surface area contributed by atoms with Gasteiger partial charge in [0.25, 0.3) is 0 Å². The number of benzene rings is 5. The van der Waals surface area contributed by atoms with Crippen LogP contribution in [0.25, 0.3) is 28.0 Å². The molecule has 0 saturated carbocycles. The fourth-order valence-corrected chi connectivity index (χ4v) is 8.05. The van der Waals surface area contributed by atoms with E-state index in [1.807, 2.05) is 24.3 Å². The van der Waals surface area contributed by atoms with Gasteiger partial charge in [-0.2, -0.15) is 0 Å². The van der Waals surface area contributed by atoms with Crippen LogP contribution in [-0.4, -0.2) is 14.2 Å². The lowest BCUT2D eigenvalue weighted by molar-refractivity contribution is 0.163. The van der Waals surface area contributed by atoms with Gasteiger partial charge >= 0.3 is 0 Å². The minimum absolute atomic E-state index is 0.201. The highest BCUT2D eigenvalue weighted by atomic mass is 79.9. The predicted molar refractivity (Wildman–Crippen MR) is 173 cm³/mol. The van der Waals surface area contributed by atoms with Crippen molar-refractivity contribution in [3.8, 4) is 28.4 Å². The molecule has 0 aromatic heterocycles. The number of rotatable bonds is 4. The number of methoxy groups -OCH3 is 2. The lowest BCUT2D eigenvalue weighted by Crippen LogP contribution is -2.35. The Hall–Kier alpha value is -3.54. The van der Waals surface area contributed by atoms with Crippen LogP contribution in [0.5, 0.6) is 17.2 Å². The molecule has 0 atom stereocenters. The van der Waals surface area contributed by atoms with Gasteiger partial charge in [-0.25, -0.2) is 0 Å². The van der Waals surface area contributed by atoms with Gasteiger partial charge < -0.3 is 14.2 Å². The van der Waals surface area contributed by atoms with E-state index in [2.05, 4.69) is 119 Å². The summed E-state index contributed by atoms with van der Waals surface area (Å²) in [5.74, 6) is 2.47. The van der Waals surface area contributed by atoms with Crippen LogP contribution in [0.1, 0.15) is 41.7 Å². The maximum absolute atomic E-state index is 7.38. The normalized spacial score (nSPS) is 15.6. The molecule has 0 amide bonds. The van der Waals surface area contributed by atoms with Gasteiger partial charge in [0, 0.05) is 36.4 Å². The Morgan fingerprint density at radius 2 is 1.37 bits per heavy atom. The van der Waals surface area contributed by atoms with Gasteiger partial charge in [-0.15, -0.1) is 0 Å². The van der Waals surface area contributed by atoms with Crippen LogP contribution >= 0.6 is 31.9 Å². The van der Waals surface area contributed by atoms with Gasteiger partial charge in [0.15, 0.2) is 5.60 Å². The van der Waals surface area contributed by atoms with Gasteiger partial charge in [0.2, 0.25) is 0 Å². The first-order valence-corrected chi connectivity index (χ1v) is 15.1. The van der Waals surface area contributed by atoms with E-state index in [1.165, 1.54) is 22.3 Å². The second-order valence-electron chi connectivity index (χ2n) is 11.1. The molecule has 2 aliphatic rings. The van der Waals surface area contributed by atoms with Gasteiger partial charge in [0.05, 0.1) is 14.2 Å². The SMILES string of the molecule is COc1ccc(C2(c3ccc(OC)cc3)C=Cc3c4c(c5cc(Br)cc(Br)c5c3O2)-c2ccccc2C4(C)C)cc1. The van der Waals surface area contributed by atoms with Crippen LogP contribution in [0.15, 0.2) is 100.0 Å². The summed E-state index contributed by atoms with van der Waals surface area (Å²) >= 11 is 7.69. The minimum atomic E-state index is -0.866. The molecular formula is C36H28Br2O3. The molecule has 0 bridgehead atoms. The molecule has 5 aromatic carbocycles. The molecule has 5 aromatic rings. The zero-order chi connectivity index (χ0) is 28.5. The Labute approximate surface area is 257 Å². The average molecular weight is 668 g/mol. The van der Waals surface area contributed by atoms with Gasteiger partial charge in [-0.3, -0.25) is 0 Å². The maximum Gasteiger partial charge on any atom is 0.178 e. The molecule has 204 valence electrons.